The molecule has 1 aromatic carbocycles. The molecule has 0 aliphatic carbocycles. The smallest absolute Gasteiger partial charge is 0.191 e. The Labute approximate surface area is 159 Å². The SMILES string of the molecule is CCNC(=NCc1ccc(F)cc1CSC)NCC(C)Cn1cccn1. The van der Waals surface area contributed by atoms with Crippen LogP contribution in [0.1, 0.15) is 25.0 Å². The quantitative estimate of drug-likeness (QED) is 0.520. The molecule has 1 unspecified atom stereocenters. The largest absolute Gasteiger partial charge is 0.357 e. The number of aliphatic imine (C=N–C) groups is 1. The first kappa shape index (κ1) is 20.3. The summed E-state index contributed by atoms with van der Waals surface area (Å²) in [6, 6.07) is 6.86. The highest BCUT2D eigenvalue weighted by molar-refractivity contribution is 7.97. The maximum Gasteiger partial charge on any atom is 0.191 e. The molecule has 142 valence electrons. The number of guanidine groups is 1. The van der Waals surface area contributed by atoms with E-state index in [0.29, 0.717) is 12.5 Å². The maximum absolute atomic E-state index is 13.5. The molecule has 0 fully saturated rings. The number of nitrogens with one attached hydrogen (secondary N) is 2. The summed E-state index contributed by atoms with van der Waals surface area (Å²) in [5, 5.41) is 10.9. The van der Waals surface area contributed by atoms with Gasteiger partial charge in [-0.25, -0.2) is 9.38 Å². The number of benzene rings is 1. The monoisotopic (exact) mass is 377 g/mol. The summed E-state index contributed by atoms with van der Waals surface area (Å²) < 4.78 is 15.4. The molecular formula is C19H28FN5S. The molecule has 26 heavy (non-hydrogen) atoms. The first-order chi connectivity index (χ1) is 12.6. The number of nitrogens with zero attached hydrogens (tertiary/aromatic N) is 3. The standard InChI is InChI=1S/C19H28FN5S/c1-4-21-19(22-11-15(2)13-25-9-5-8-24-25)23-12-16-6-7-18(20)10-17(16)14-26-3/h5-10,15H,4,11-14H2,1-3H3,(H2,21,22,23). The van der Waals surface area contributed by atoms with E-state index in [1.807, 2.05) is 36.2 Å². The lowest BCUT2D eigenvalue weighted by Gasteiger charge is -2.16. The average molecular weight is 378 g/mol. The molecular weight excluding hydrogens is 349 g/mol. The number of halogens is 1. The van der Waals surface area contributed by atoms with Crippen LogP contribution in [0.25, 0.3) is 0 Å². The fourth-order valence-corrected chi connectivity index (χ4v) is 3.19. The number of aromatic nitrogens is 2. The fourth-order valence-electron chi connectivity index (χ4n) is 2.61. The first-order valence-corrected chi connectivity index (χ1v) is 10.3. The van der Waals surface area contributed by atoms with E-state index in [-0.39, 0.29) is 5.82 Å². The van der Waals surface area contributed by atoms with E-state index >= 15 is 0 Å². The van der Waals surface area contributed by atoms with E-state index in [0.717, 1.165) is 42.5 Å². The molecule has 0 radical (unpaired) electrons. The van der Waals surface area contributed by atoms with Crippen molar-refractivity contribution in [2.24, 2.45) is 10.9 Å². The van der Waals surface area contributed by atoms with Gasteiger partial charge in [-0.05, 0) is 48.4 Å². The van der Waals surface area contributed by atoms with E-state index in [4.69, 9.17) is 0 Å². The Morgan fingerprint density at radius 3 is 2.88 bits per heavy atom. The van der Waals surface area contributed by atoms with Gasteiger partial charge in [-0.15, -0.1) is 0 Å². The third-order valence-electron chi connectivity index (χ3n) is 3.90. The molecule has 0 saturated heterocycles. The van der Waals surface area contributed by atoms with Gasteiger partial charge in [-0.2, -0.15) is 16.9 Å². The van der Waals surface area contributed by atoms with Crippen LogP contribution in [0.3, 0.4) is 0 Å². The van der Waals surface area contributed by atoms with Gasteiger partial charge in [0, 0.05) is 37.8 Å². The minimum Gasteiger partial charge on any atom is -0.357 e. The minimum absolute atomic E-state index is 0.195. The van der Waals surface area contributed by atoms with Crippen molar-refractivity contribution in [3.63, 3.8) is 0 Å². The van der Waals surface area contributed by atoms with Crippen LogP contribution in [0.4, 0.5) is 4.39 Å². The summed E-state index contributed by atoms with van der Waals surface area (Å²) in [7, 11) is 0. The zero-order chi connectivity index (χ0) is 18.8. The molecule has 1 heterocycles. The van der Waals surface area contributed by atoms with Crippen molar-refractivity contribution in [2.75, 3.05) is 19.3 Å². The fraction of sp³-hybridized carbons (Fsp3) is 0.474. The number of thioether (sulfide) groups is 1. The van der Waals surface area contributed by atoms with Crippen molar-refractivity contribution >= 4 is 17.7 Å². The van der Waals surface area contributed by atoms with Crippen LogP contribution in [0.15, 0.2) is 41.7 Å². The zero-order valence-corrected chi connectivity index (χ0v) is 16.5. The Morgan fingerprint density at radius 2 is 2.19 bits per heavy atom. The Hall–Kier alpha value is -2.02. The second-order valence-corrected chi connectivity index (χ2v) is 7.12. The van der Waals surface area contributed by atoms with Crippen LogP contribution in [0.2, 0.25) is 0 Å². The highest BCUT2D eigenvalue weighted by Gasteiger charge is 2.07. The lowest BCUT2D eigenvalue weighted by molar-refractivity contribution is 0.443. The molecule has 2 N–H and O–H groups in total. The first-order valence-electron chi connectivity index (χ1n) is 8.88. The molecule has 0 amide bonds. The van der Waals surface area contributed by atoms with Crippen molar-refractivity contribution < 1.29 is 4.39 Å². The topological polar surface area (TPSA) is 54.2 Å². The van der Waals surface area contributed by atoms with Crippen molar-refractivity contribution in [2.45, 2.75) is 32.7 Å². The normalized spacial score (nSPS) is 12.8. The molecule has 2 aromatic rings. The average Bonchev–Trinajstić information content (AvgIpc) is 3.12. The maximum atomic E-state index is 13.5. The minimum atomic E-state index is -0.195. The molecule has 5 nitrogen and oxygen atoms in total. The van der Waals surface area contributed by atoms with E-state index in [1.54, 1.807) is 24.0 Å². The Bertz CT molecular complexity index is 687. The molecule has 0 saturated carbocycles. The van der Waals surface area contributed by atoms with E-state index in [9.17, 15) is 4.39 Å². The van der Waals surface area contributed by atoms with Gasteiger partial charge < -0.3 is 10.6 Å². The summed E-state index contributed by atoms with van der Waals surface area (Å²) in [6.45, 7) is 7.19. The molecule has 1 atom stereocenters. The highest BCUT2D eigenvalue weighted by atomic mass is 32.2. The molecule has 0 bridgehead atoms. The Balaban J connectivity index is 1.95. The molecule has 2 rings (SSSR count). The summed E-state index contributed by atoms with van der Waals surface area (Å²) >= 11 is 1.68. The van der Waals surface area contributed by atoms with Crippen molar-refractivity contribution in [3.8, 4) is 0 Å². The summed E-state index contributed by atoms with van der Waals surface area (Å²) in [4.78, 5) is 4.67. The van der Waals surface area contributed by atoms with Gasteiger partial charge in [0.2, 0.25) is 0 Å². The van der Waals surface area contributed by atoms with Gasteiger partial charge >= 0.3 is 0 Å². The van der Waals surface area contributed by atoms with Gasteiger partial charge in [0.15, 0.2) is 5.96 Å². The van der Waals surface area contributed by atoms with Crippen LogP contribution < -0.4 is 10.6 Å². The van der Waals surface area contributed by atoms with Crippen LogP contribution in [0, 0.1) is 11.7 Å². The van der Waals surface area contributed by atoms with E-state index < -0.39 is 0 Å². The second-order valence-electron chi connectivity index (χ2n) is 6.26. The molecule has 1 aromatic heterocycles. The summed E-state index contributed by atoms with van der Waals surface area (Å²) in [5.41, 5.74) is 2.06. The summed E-state index contributed by atoms with van der Waals surface area (Å²) in [6.07, 6.45) is 5.78. The predicted molar refractivity (Wildman–Crippen MR) is 108 cm³/mol. The highest BCUT2D eigenvalue weighted by Crippen LogP contribution is 2.17. The van der Waals surface area contributed by atoms with E-state index in [2.05, 4.69) is 27.6 Å². The predicted octanol–water partition coefficient (Wildman–Crippen LogP) is 3.28. The van der Waals surface area contributed by atoms with Crippen LogP contribution >= 0.6 is 11.8 Å². The van der Waals surface area contributed by atoms with E-state index in [1.165, 1.54) is 6.07 Å². The van der Waals surface area contributed by atoms with Gasteiger partial charge in [0.25, 0.3) is 0 Å². The van der Waals surface area contributed by atoms with Gasteiger partial charge in [0.1, 0.15) is 5.82 Å². The summed E-state index contributed by atoms with van der Waals surface area (Å²) in [5.74, 6) is 1.78. The number of rotatable bonds is 9. The Kier molecular flexibility index (Phi) is 8.47. The third kappa shape index (κ3) is 6.71. The second kappa shape index (κ2) is 10.9. The molecule has 0 spiro atoms. The lowest BCUT2D eigenvalue weighted by Crippen LogP contribution is -2.40. The van der Waals surface area contributed by atoms with Gasteiger partial charge in [0.05, 0.1) is 6.54 Å². The van der Waals surface area contributed by atoms with Gasteiger partial charge in [-0.3, -0.25) is 4.68 Å². The number of hydrogen-bond donors (Lipinski definition) is 2. The van der Waals surface area contributed by atoms with Crippen molar-refractivity contribution in [3.05, 3.63) is 53.6 Å². The van der Waals surface area contributed by atoms with Crippen LogP contribution in [-0.2, 0) is 18.8 Å². The van der Waals surface area contributed by atoms with Gasteiger partial charge in [-0.1, -0.05) is 13.0 Å². The van der Waals surface area contributed by atoms with Crippen LogP contribution in [0.5, 0.6) is 0 Å². The lowest BCUT2D eigenvalue weighted by atomic mass is 10.1. The van der Waals surface area contributed by atoms with Crippen molar-refractivity contribution in [1.82, 2.24) is 20.4 Å². The molecule has 0 aliphatic rings. The molecule has 0 aliphatic heterocycles. The Morgan fingerprint density at radius 1 is 1.35 bits per heavy atom. The molecule has 7 heteroatoms. The third-order valence-corrected chi connectivity index (χ3v) is 4.50. The zero-order valence-electron chi connectivity index (χ0n) is 15.7. The van der Waals surface area contributed by atoms with Crippen LogP contribution in [-0.4, -0.2) is 35.1 Å². The number of hydrogen-bond acceptors (Lipinski definition) is 3. The van der Waals surface area contributed by atoms with Crippen molar-refractivity contribution in [1.29, 1.82) is 0 Å².